The summed E-state index contributed by atoms with van der Waals surface area (Å²) in [4.78, 5) is 22.7. The Hall–Kier alpha value is -2.10. The number of hydrogen-bond donors (Lipinski definition) is 1. The second-order valence-electron chi connectivity index (χ2n) is 7.32. The van der Waals surface area contributed by atoms with Crippen LogP contribution in [-0.4, -0.2) is 17.0 Å². The van der Waals surface area contributed by atoms with Crippen LogP contribution in [0.15, 0.2) is 30.4 Å². The van der Waals surface area contributed by atoms with E-state index >= 15 is 0 Å². The van der Waals surface area contributed by atoms with Crippen LogP contribution in [-0.2, 0) is 11.2 Å². The molecule has 28 heavy (non-hydrogen) atoms. The third-order valence-electron chi connectivity index (χ3n) is 4.79. The zero-order chi connectivity index (χ0) is 20.6. The number of carbonyl (C=O) groups is 2. The molecule has 0 aliphatic rings. The average molecular weight is 389 g/mol. The van der Waals surface area contributed by atoms with Gasteiger partial charge in [-0.05, 0) is 50.2 Å². The number of carboxylic acids is 1. The molecule has 4 nitrogen and oxygen atoms in total. The minimum atomic E-state index is -1.05. The lowest BCUT2D eigenvalue weighted by Gasteiger charge is -2.11. The predicted molar refractivity (Wildman–Crippen MR) is 114 cm³/mol. The van der Waals surface area contributed by atoms with Crippen molar-refractivity contribution in [1.82, 2.24) is 0 Å². The summed E-state index contributed by atoms with van der Waals surface area (Å²) in [5.74, 6) is -1.41. The summed E-state index contributed by atoms with van der Waals surface area (Å²) in [6.45, 7) is 3.51. The Morgan fingerprint density at radius 2 is 1.54 bits per heavy atom. The van der Waals surface area contributed by atoms with Crippen molar-refractivity contribution in [3.63, 3.8) is 0 Å². The van der Waals surface area contributed by atoms with Crippen molar-refractivity contribution in [2.75, 3.05) is 0 Å². The number of rotatable bonds is 15. The van der Waals surface area contributed by atoms with Gasteiger partial charge in [0.25, 0.3) is 0 Å². The number of benzene rings is 1. The first kappa shape index (κ1) is 23.9. The molecule has 0 radical (unpaired) electrons. The predicted octanol–water partition coefficient (Wildman–Crippen LogP) is 6.72. The van der Waals surface area contributed by atoms with Crippen molar-refractivity contribution < 1.29 is 19.4 Å². The van der Waals surface area contributed by atoms with Crippen molar-refractivity contribution in [2.45, 2.75) is 90.9 Å². The lowest BCUT2D eigenvalue weighted by molar-refractivity contribution is -0.131. The summed E-state index contributed by atoms with van der Waals surface area (Å²) in [5.41, 5.74) is 0.846. The minimum Gasteiger partial charge on any atom is -0.478 e. The molecule has 156 valence electrons. The van der Waals surface area contributed by atoms with E-state index in [1.54, 1.807) is 6.07 Å². The summed E-state index contributed by atoms with van der Waals surface area (Å²) in [5, 5.41) is 9.47. The van der Waals surface area contributed by atoms with Gasteiger partial charge in [0, 0.05) is 6.92 Å². The van der Waals surface area contributed by atoms with Gasteiger partial charge in [-0.25, -0.2) is 4.79 Å². The van der Waals surface area contributed by atoms with Crippen LogP contribution in [0, 0.1) is 0 Å². The summed E-state index contributed by atoms with van der Waals surface area (Å²) < 4.78 is 5.04. The molecular weight excluding hydrogens is 352 g/mol. The molecule has 0 unspecified atom stereocenters. The zero-order valence-corrected chi connectivity index (χ0v) is 17.5. The third-order valence-corrected chi connectivity index (χ3v) is 4.79. The fourth-order valence-electron chi connectivity index (χ4n) is 3.30. The smallest absolute Gasteiger partial charge is 0.339 e. The second kappa shape index (κ2) is 14.9. The number of esters is 1. The number of carbonyl (C=O) groups excluding carboxylic acids is 1. The molecule has 4 heteroatoms. The highest BCUT2D eigenvalue weighted by Crippen LogP contribution is 2.24. The van der Waals surface area contributed by atoms with Crippen molar-refractivity contribution in [3.8, 4) is 5.75 Å². The maximum Gasteiger partial charge on any atom is 0.339 e. The molecule has 0 aliphatic carbocycles. The number of aromatic carboxylic acids is 1. The van der Waals surface area contributed by atoms with E-state index in [9.17, 15) is 14.7 Å². The molecule has 0 amide bonds. The molecule has 0 bridgehead atoms. The number of unbranched alkanes of at least 4 members (excludes halogenated alkanes) is 9. The highest BCUT2D eigenvalue weighted by Gasteiger charge is 2.17. The third kappa shape index (κ3) is 10.3. The van der Waals surface area contributed by atoms with E-state index in [1.165, 1.54) is 57.9 Å². The van der Waals surface area contributed by atoms with Gasteiger partial charge in [-0.2, -0.15) is 0 Å². The van der Waals surface area contributed by atoms with Crippen LogP contribution in [0.5, 0.6) is 5.75 Å². The number of ether oxygens (including phenoxy) is 1. The van der Waals surface area contributed by atoms with Gasteiger partial charge < -0.3 is 9.84 Å². The highest BCUT2D eigenvalue weighted by molar-refractivity contribution is 5.93. The van der Waals surface area contributed by atoms with E-state index in [0.29, 0.717) is 6.42 Å². The number of aryl methyl sites for hydroxylation is 1. The first-order valence-electron chi connectivity index (χ1n) is 10.7. The van der Waals surface area contributed by atoms with Crippen LogP contribution in [0.25, 0.3) is 0 Å². The van der Waals surface area contributed by atoms with Crippen molar-refractivity contribution in [1.29, 1.82) is 0 Å². The van der Waals surface area contributed by atoms with Gasteiger partial charge in [0.2, 0.25) is 0 Å². The molecule has 0 saturated heterocycles. The SMILES string of the molecule is CCCCCC/C=C\CCCCCCCc1cccc(OC(C)=O)c1C(=O)O. The first-order chi connectivity index (χ1) is 13.6. The molecule has 1 aromatic carbocycles. The van der Waals surface area contributed by atoms with Crippen molar-refractivity contribution in [3.05, 3.63) is 41.5 Å². The molecule has 1 N–H and O–H groups in total. The van der Waals surface area contributed by atoms with Crippen LogP contribution in [0.4, 0.5) is 0 Å². The fraction of sp³-hybridized carbons (Fsp3) is 0.583. The van der Waals surface area contributed by atoms with Crippen LogP contribution < -0.4 is 4.74 Å². The molecule has 0 atom stereocenters. The van der Waals surface area contributed by atoms with E-state index in [-0.39, 0.29) is 11.3 Å². The van der Waals surface area contributed by atoms with Gasteiger partial charge in [0.1, 0.15) is 11.3 Å². The molecule has 0 saturated carbocycles. The van der Waals surface area contributed by atoms with Crippen molar-refractivity contribution >= 4 is 11.9 Å². The van der Waals surface area contributed by atoms with Gasteiger partial charge in [-0.1, -0.05) is 69.7 Å². The second-order valence-corrected chi connectivity index (χ2v) is 7.32. The molecule has 1 aromatic rings. The molecule has 0 spiro atoms. The normalized spacial score (nSPS) is 11.1. The van der Waals surface area contributed by atoms with E-state index in [2.05, 4.69) is 19.1 Å². The highest BCUT2D eigenvalue weighted by atomic mass is 16.5. The zero-order valence-electron chi connectivity index (χ0n) is 17.5. The molecule has 0 aliphatic heterocycles. The fourth-order valence-corrected chi connectivity index (χ4v) is 3.30. The van der Waals surface area contributed by atoms with Gasteiger partial charge in [0.15, 0.2) is 0 Å². The summed E-state index contributed by atoms with van der Waals surface area (Å²) >= 11 is 0. The Labute approximate surface area is 170 Å². The van der Waals surface area contributed by atoms with Gasteiger partial charge >= 0.3 is 11.9 Å². The van der Waals surface area contributed by atoms with E-state index < -0.39 is 11.9 Å². The lowest BCUT2D eigenvalue weighted by Crippen LogP contribution is -2.10. The molecule has 0 fully saturated rings. The topological polar surface area (TPSA) is 63.6 Å². The monoisotopic (exact) mass is 388 g/mol. The van der Waals surface area contributed by atoms with E-state index in [1.807, 2.05) is 6.07 Å². The van der Waals surface area contributed by atoms with Gasteiger partial charge in [0.05, 0.1) is 0 Å². The lowest BCUT2D eigenvalue weighted by atomic mass is 9.99. The molecular formula is C24H36O4. The molecule has 1 rings (SSSR count). The van der Waals surface area contributed by atoms with Gasteiger partial charge in [-0.3, -0.25) is 4.79 Å². The Balaban J connectivity index is 2.23. The number of hydrogen-bond acceptors (Lipinski definition) is 3. The summed E-state index contributed by atoms with van der Waals surface area (Å²) in [6.07, 6.45) is 18.6. The minimum absolute atomic E-state index is 0.113. The quantitative estimate of drug-likeness (QED) is 0.157. The standard InChI is InChI=1S/C24H36O4/c1-3-4-5-6-7-8-9-10-11-12-13-14-15-17-21-18-16-19-22(28-20(2)25)23(21)24(26)27/h8-9,16,18-19H,3-7,10-15,17H2,1-2H3,(H,26,27)/b9-8-. The molecule has 0 heterocycles. The first-order valence-corrected chi connectivity index (χ1v) is 10.7. The Bertz CT molecular complexity index is 619. The Kier molecular flexibility index (Phi) is 12.7. The molecule has 0 aromatic heterocycles. The van der Waals surface area contributed by atoms with Crippen LogP contribution >= 0.6 is 0 Å². The average Bonchev–Trinajstić information content (AvgIpc) is 2.65. The van der Waals surface area contributed by atoms with E-state index in [0.717, 1.165) is 31.2 Å². The Morgan fingerprint density at radius 1 is 0.929 bits per heavy atom. The van der Waals surface area contributed by atoms with Crippen molar-refractivity contribution in [2.24, 2.45) is 0 Å². The number of allylic oxidation sites excluding steroid dienone is 2. The van der Waals surface area contributed by atoms with Gasteiger partial charge in [-0.15, -0.1) is 0 Å². The van der Waals surface area contributed by atoms with E-state index in [4.69, 9.17) is 4.74 Å². The van der Waals surface area contributed by atoms with Crippen LogP contribution in [0.3, 0.4) is 0 Å². The van der Waals surface area contributed by atoms with Crippen LogP contribution in [0.1, 0.15) is 100 Å². The number of carboxylic acid groups (broad SMARTS) is 1. The largest absolute Gasteiger partial charge is 0.478 e. The maximum absolute atomic E-state index is 11.6. The van der Waals surface area contributed by atoms with Crippen LogP contribution in [0.2, 0.25) is 0 Å². The summed E-state index contributed by atoms with van der Waals surface area (Å²) in [7, 11) is 0. The maximum atomic E-state index is 11.6. The Morgan fingerprint density at radius 3 is 2.14 bits per heavy atom. The summed E-state index contributed by atoms with van der Waals surface area (Å²) in [6, 6.07) is 5.09.